The standard InChI is InChI=1S/C9H10O5S2/c10-9(11)7-1-2-8(14-7)15-6-3-4-16(12,13)5-6/h1-2,6H,3-5H2,(H,10,11). The number of carboxylic acids is 1. The number of carbonyl (C=O) groups is 1. The van der Waals surface area contributed by atoms with E-state index in [-0.39, 0.29) is 22.5 Å². The maximum absolute atomic E-state index is 11.2. The van der Waals surface area contributed by atoms with Gasteiger partial charge in [0, 0.05) is 5.25 Å². The van der Waals surface area contributed by atoms with Crippen molar-refractivity contribution in [2.75, 3.05) is 11.5 Å². The molecule has 1 aliphatic rings. The normalized spacial score (nSPS) is 23.4. The molecule has 0 bridgehead atoms. The molecule has 1 fully saturated rings. The molecule has 0 radical (unpaired) electrons. The van der Waals surface area contributed by atoms with Gasteiger partial charge in [-0.15, -0.1) is 0 Å². The first-order valence-electron chi connectivity index (χ1n) is 4.66. The van der Waals surface area contributed by atoms with Crippen LogP contribution in [0.1, 0.15) is 17.0 Å². The Hall–Kier alpha value is -0.950. The average Bonchev–Trinajstić information content (AvgIpc) is 2.73. The van der Waals surface area contributed by atoms with Gasteiger partial charge in [0.15, 0.2) is 14.9 Å². The lowest BCUT2D eigenvalue weighted by atomic mass is 10.4. The summed E-state index contributed by atoms with van der Waals surface area (Å²) in [7, 11) is -2.90. The largest absolute Gasteiger partial charge is 0.475 e. The van der Waals surface area contributed by atoms with Crippen LogP contribution in [0.15, 0.2) is 21.6 Å². The van der Waals surface area contributed by atoms with E-state index in [0.29, 0.717) is 11.5 Å². The van der Waals surface area contributed by atoms with Crippen molar-refractivity contribution in [3.05, 3.63) is 17.9 Å². The molecule has 0 saturated carbocycles. The van der Waals surface area contributed by atoms with Crippen LogP contribution in [-0.4, -0.2) is 36.2 Å². The smallest absolute Gasteiger partial charge is 0.371 e. The van der Waals surface area contributed by atoms with Crippen molar-refractivity contribution in [3.8, 4) is 0 Å². The average molecular weight is 262 g/mol. The third-order valence-electron chi connectivity index (χ3n) is 2.27. The van der Waals surface area contributed by atoms with Gasteiger partial charge in [-0.05, 0) is 18.6 Å². The first-order valence-corrected chi connectivity index (χ1v) is 7.36. The Balaban J connectivity index is 2.02. The summed E-state index contributed by atoms with van der Waals surface area (Å²) in [5.74, 6) is -0.896. The fourth-order valence-corrected chi connectivity index (χ4v) is 4.95. The maximum Gasteiger partial charge on any atom is 0.371 e. The van der Waals surface area contributed by atoms with E-state index in [4.69, 9.17) is 9.52 Å². The van der Waals surface area contributed by atoms with E-state index in [9.17, 15) is 13.2 Å². The van der Waals surface area contributed by atoms with Crippen LogP contribution < -0.4 is 0 Å². The Morgan fingerprint density at radius 2 is 2.25 bits per heavy atom. The second-order valence-electron chi connectivity index (χ2n) is 3.57. The number of thioether (sulfide) groups is 1. The number of hydrogen-bond acceptors (Lipinski definition) is 5. The van der Waals surface area contributed by atoms with Crippen LogP contribution in [0.5, 0.6) is 0 Å². The third kappa shape index (κ3) is 2.59. The van der Waals surface area contributed by atoms with Gasteiger partial charge in [-0.3, -0.25) is 0 Å². The van der Waals surface area contributed by atoms with E-state index in [1.165, 1.54) is 17.8 Å². The first-order chi connectivity index (χ1) is 7.46. The first kappa shape index (κ1) is 11.5. The van der Waals surface area contributed by atoms with Gasteiger partial charge in [0.25, 0.3) is 0 Å². The lowest BCUT2D eigenvalue weighted by Crippen LogP contribution is -2.05. The van der Waals surface area contributed by atoms with Gasteiger partial charge in [-0.1, -0.05) is 11.8 Å². The minimum atomic E-state index is -2.90. The third-order valence-corrected chi connectivity index (χ3v) is 5.43. The van der Waals surface area contributed by atoms with Crippen molar-refractivity contribution in [3.63, 3.8) is 0 Å². The summed E-state index contributed by atoms with van der Waals surface area (Å²) in [5.41, 5.74) is 0. The van der Waals surface area contributed by atoms with E-state index in [0.717, 1.165) is 0 Å². The molecule has 1 aromatic rings. The monoisotopic (exact) mass is 262 g/mol. The predicted molar refractivity (Wildman–Crippen MR) is 58.6 cm³/mol. The summed E-state index contributed by atoms with van der Waals surface area (Å²) in [6, 6.07) is 2.92. The quantitative estimate of drug-likeness (QED) is 0.882. The number of rotatable bonds is 3. The summed E-state index contributed by atoms with van der Waals surface area (Å²) < 4.78 is 27.5. The molecule has 1 N–H and O–H groups in total. The molecule has 0 aromatic carbocycles. The van der Waals surface area contributed by atoms with E-state index < -0.39 is 15.8 Å². The minimum absolute atomic E-state index is 0.0298. The van der Waals surface area contributed by atoms with Gasteiger partial charge in [-0.25, -0.2) is 13.2 Å². The summed E-state index contributed by atoms with van der Waals surface area (Å²) in [5, 5.41) is 9.07. The maximum atomic E-state index is 11.2. The van der Waals surface area contributed by atoms with Gasteiger partial charge in [0.1, 0.15) is 0 Å². The van der Waals surface area contributed by atoms with Gasteiger partial charge < -0.3 is 9.52 Å². The van der Waals surface area contributed by atoms with E-state index >= 15 is 0 Å². The number of carboxylic acid groups (broad SMARTS) is 1. The van der Waals surface area contributed by atoms with Crippen molar-refractivity contribution in [1.29, 1.82) is 0 Å². The summed E-state index contributed by atoms with van der Waals surface area (Å²) >= 11 is 1.28. The van der Waals surface area contributed by atoms with E-state index in [2.05, 4.69) is 0 Å². The molecule has 2 rings (SSSR count). The van der Waals surface area contributed by atoms with Crippen LogP contribution in [0.4, 0.5) is 0 Å². The van der Waals surface area contributed by atoms with Crippen LogP contribution in [0, 0.1) is 0 Å². The SMILES string of the molecule is O=C(O)c1ccc(SC2CCS(=O)(=O)C2)o1. The molecular formula is C9H10O5S2. The lowest BCUT2D eigenvalue weighted by molar-refractivity contribution is 0.0656. The molecule has 2 heterocycles. The molecule has 1 saturated heterocycles. The second-order valence-corrected chi connectivity index (χ2v) is 7.10. The minimum Gasteiger partial charge on any atom is -0.475 e. The summed E-state index contributed by atoms with van der Waals surface area (Å²) in [6.07, 6.45) is 0.593. The van der Waals surface area contributed by atoms with Crippen LogP contribution in [0.3, 0.4) is 0 Å². The van der Waals surface area contributed by atoms with Crippen LogP contribution >= 0.6 is 11.8 Å². The number of furan rings is 1. The fraction of sp³-hybridized carbons (Fsp3) is 0.444. The fourth-order valence-electron chi connectivity index (χ4n) is 1.52. The second kappa shape index (κ2) is 4.14. The number of sulfone groups is 1. The zero-order chi connectivity index (χ0) is 11.8. The predicted octanol–water partition coefficient (Wildman–Crippen LogP) is 1.26. The highest BCUT2D eigenvalue weighted by Crippen LogP contribution is 2.31. The van der Waals surface area contributed by atoms with Crippen LogP contribution in [-0.2, 0) is 9.84 Å². The van der Waals surface area contributed by atoms with Gasteiger partial charge in [0.2, 0.25) is 5.76 Å². The zero-order valence-corrected chi connectivity index (χ0v) is 9.88. The number of hydrogen-bond donors (Lipinski definition) is 1. The lowest BCUT2D eigenvalue weighted by Gasteiger charge is -2.02. The van der Waals surface area contributed by atoms with Crippen LogP contribution in [0.2, 0.25) is 0 Å². The Bertz CT molecular complexity index is 502. The Morgan fingerprint density at radius 3 is 2.75 bits per heavy atom. The summed E-state index contributed by atoms with van der Waals surface area (Å²) in [4.78, 5) is 10.6. The van der Waals surface area contributed by atoms with Crippen molar-refractivity contribution in [2.45, 2.75) is 16.8 Å². The van der Waals surface area contributed by atoms with Crippen molar-refractivity contribution in [2.24, 2.45) is 0 Å². The number of aromatic carboxylic acids is 1. The van der Waals surface area contributed by atoms with Crippen molar-refractivity contribution < 1.29 is 22.7 Å². The topological polar surface area (TPSA) is 84.6 Å². The van der Waals surface area contributed by atoms with Gasteiger partial charge >= 0.3 is 5.97 Å². The molecule has 0 amide bonds. The van der Waals surface area contributed by atoms with E-state index in [1.807, 2.05) is 0 Å². The molecular weight excluding hydrogens is 252 g/mol. The molecule has 5 nitrogen and oxygen atoms in total. The molecule has 16 heavy (non-hydrogen) atoms. The molecule has 0 spiro atoms. The molecule has 1 aliphatic heterocycles. The van der Waals surface area contributed by atoms with E-state index in [1.54, 1.807) is 6.07 Å². The van der Waals surface area contributed by atoms with Crippen molar-refractivity contribution in [1.82, 2.24) is 0 Å². The molecule has 88 valence electrons. The van der Waals surface area contributed by atoms with Gasteiger partial charge in [0.05, 0.1) is 11.5 Å². The van der Waals surface area contributed by atoms with Crippen LogP contribution in [0.25, 0.3) is 0 Å². The Kier molecular flexibility index (Phi) is 2.98. The Morgan fingerprint density at radius 1 is 1.50 bits per heavy atom. The molecule has 0 aliphatic carbocycles. The zero-order valence-electron chi connectivity index (χ0n) is 8.25. The molecule has 7 heteroatoms. The highest BCUT2D eigenvalue weighted by molar-refractivity contribution is 8.01. The molecule has 1 unspecified atom stereocenters. The van der Waals surface area contributed by atoms with Gasteiger partial charge in [-0.2, -0.15) is 0 Å². The molecule has 1 atom stereocenters. The Labute approximate surface area is 96.7 Å². The summed E-state index contributed by atoms with van der Waals surface area (Å²) in [6.45, 7) is 0. The molecule has 1 aromatic heterocycles. The highest BCUT2D eigenvalue weighted by atomic mass is 32.2. The highest BCUT2D eigenvalue weighted by Gasteiger charge is 2.29. The van der Waals surface area contributed by atoms with Crippen molar-refractivity contribution >= 4 is 27.6 Å².